The van der Waals surface area contributed by atoms with Gasteiger partial charge in [0.2, 0.25) is 0 Å². The number of esters is 2. The van der Waals surface area contributed by atoms with Gasteiger partial charge in [0.05, 0.1) is 34.1 Å². The Morgan fingerprint density at radius 1 is 0.873 bits per heavy atom. The molecule has 13 atom stereocenters. The van der Waals surface area contributed by atoms with Gasteiger partial charge in [-0.15, -0.1) is 5.92 Å². The number of fused-ring (bicyclic) bond motifs is 2. The number of cyclic esters (lactones) is 1. The van der Waals surface area contributed by atoms with Crippen LogP contribution in [-0.4, -0.2) is 57.8 Å². The number of ether oxygens (including phenoxy) is 2. The van der Waals surface area contributed by atoms with Gasteiger partial charge < -0.3 is 24.8 Å². The maximum absolute atomic E-state index is 15.7. The van der Waals surface area contributed by atoms with Crippen molar-refractivity contribution in [3.05, 3.63) is 95.6 Å². The number of aliphatic hydroxyl groups excluding tert-OH is 2. The summed E-state index contributed by atoms with van der Waals surface area (Å²) in [5.74, 6) is 6.44. The minimum atomic E-state index is -1.73. The van der Waals surface area contributed by atoms with Crippen molar-refractivity contribution in [2.24, 2.45) is 57.2 Å². The quantitative estimate of drug-likeness (QED) is 0.111. The molecule has 0 unspecified atom stereocenters. The van der Waals surface area contributed by atoms with E-state index in [1.54, 1.807) is 0 Å². The SMILES string of the molecule is C[C@H](CCCc1ccccc1)C[C@@H]1/C=C/[C@H]2CC[C@H](Cc3ccccc3)C[C@]23CC#C[C@@]2(C)C[C@@H](OC3=O)[C@@H]3[C@]([C@H](O)CC[C@@]3(C)C3CCCC3)([C@H]1O)[C@@]2(O)CCC1=CC(=O)OC1. The molecule has 2 aromatic carbocycles. The number of hydrogen-bond donors (Lipinski definition) is 3. The Morgan fingerprint density at radius 3 is 2.32 bits per heavy atom. The van der Waals surface area contributed by atoms with Crippen LogP contribution < -0.4 is 0 Å². The maximum atomic E-state index is 15.7. The maximum Gasteiger partial charge on any atom is 0.331 e. The van der Waals surface area contributed by atoms with Gasteiger partial charge in [-0.3, -0.25) is 4.79 Å². The smallest absolute Gasteiger partial charge is 0.331 e. The number of carbonyl (C=O) groups excluding carboxylic acids is 2. The fraction of sp³-hybridized carbons (Fsp3) is 0.643. The largest absolute Gasteiger partial charge is 0.462 e. The first kappa shape index (κ1) is 44.5. The molecular formula is C56H72O7. The number of benzene rings is 2. The first-order valence-electron chi connectivity index (χ1n) is 24.7. The zero-order chi connectivity index (χ0) is 44.0. The molecule has 4 aliphatic carbocycles. The second kappa shape index (κ2) is 17.6. The summed E-state index contributed by atoms with van der Waals surface area (Å²) in [5, 5.41) is 41.6. The van der Waals surface area contributed by atoms with Gasteiger partial charge in [-0.05, 0) is 136 Å². The number of aryl methyl sites for hydroxylation is 1. The van der Waals surface area contributed by atoms with Crippen LogP contribution in [-0.2, 0) is 31.9 Å². The van der Waals surface area contributed by atoms with Crippen LogP contribution in [0.25, 0.3) is 0 Å². The van der Waals surface area contributed by atoms with Crippen molar-refractivity contribution >= 4 is 11.9 Å². The highest BCUT2D eigenvalue weighted by atomic mass is 16.5. The van der Waals surface area contributed by atoms with Crippen molar-refractivity contribution in [1.82, 2.24) is 0 Å². The third-order valence-electron chi connectivity index (χ3n) is 18.4. The second-order valence-corrected chi connectivity index (χ2v) is 22.0. The lowest BCUT2D eigenvalue weighted by atomic mass is 9.35. The molecule has 9 rings (SSSR count). The standard InChI is InChI=1S/C56H72O7/c1-38(14-12-19-39-15-6-4-7-16-39)32-43-23-25-45-24-22-41(33-40-17-8-5-9-18-40)35-54(45)29-13-28-52(2)36-46(63-51(54)60)49-53(3,44-20-10-11-21-44)30-27-47(57)56(49,50(43)59)55(52,61)31-26-42-34-48(58)62-37-42/h4-9,15-18,23,25,34,38,41,43-47,49-50,57,59,61H,10-12,14,19-22,24,26-27,29-33,35-37H2,1-3H3/b25-23+/t38-,41-,43+,45-,46-,47-,49+,50+,52+,53+,54-,55-,56-/m1/s1. The Kier molecular flexibility index (Phi) is 12.4. The lowest BCUT2D eigenvalue weighted by molar-refractivity contribution is -0.342. The van der Waals surface area contributed by atoms with Crippen LogP contribution in [0.15, 0.2) is 84.5 Å². The molecule has 0 amide bonds. The normalized spacial score (nSPS) is 40.8. The molecular weight excluding hydrogens is 785 g/mol. The fourth-order valence-electron chi connectivity index (χ4n) is 15.2. The zero-order valence-electron chi connectivity index (χ0n) is 38.1. The molecule has 3 N–H and O–H groups in total. The van der Waals surface area contributed by atoms with E-state index >= 15 is 4.79 Å². The van der Waals surface area contributed by atoms with Crippen molar-refractivity contribution < 1.29 is 34.4 Å². The number of allylic oxidation sites excluding steroid dienone is 1. The number of carbonyl (C=O) groups is 2. The van der Waals surface area contributed by atoms with Crippen LogP contribution in [0.5, 0.6) is 0 Å². The van der Waals surface area contributed by atoms with Gasteiger partial charge >= 0.3 is 11.9 Å². The molecule has 7 heteroatoms. The Hall–Kier alpha value is -3.70. The Labute approximate surface area is 376 Å². The molecule has 2 aromatic rings. The van der Waals surface area contributed by atoms with Crippen LogP contribution in [0.4, 0.5) is 0 Å². The van der Waals surface area contributed by atoms with Gasteiger partial charge in [0.25, 0.3) is 0 Å². The van der Waals surface area contributed by atoms with Crippen LogP contribution in [0.1, 0.15) is 135 Å². The predicted molar refractivity (Wildman–Crippen MR) is 245 cm³/mol. The van der Waals surface area contributed by atoms with E-state index in [0.717, 1.165) is 76.2 Å². The van der Waals surface area contributed by atoms with Gasteiger partial charge in [-0.25, -0.2) is 4.79 Å². The summed E-state index contributed by atoms with van der Waals surface area (Å²) in [6, 6.07) is 21.2. The van der Waals surface area contributed by atoms with Crippen LogP contribution in [0, 0.1) is 69.0 Å². The molecule has 4 bridgehead atoms. The third-order valence-corrected chi connectivity index (χ3v) is 18.4. The summed E-state index contributed by atoms with van der Waals surface area (Å²) in [5.41, 5.74) is -2.37. The number of hydrogen-bond acceptors (Lipinski definition) is 7. The summed E-state index contributed by atoms with van der Waals surface area (Å²) in [6.07, 6.45) is 16.7. The molecule has 3 heterocycles. The molecule has 4 saturated carbocycles. The molecule has 63 heavy (non-hydrogen) atoms. The van der Waals surface area contributed by atoms with Crippen molar-refractivity contribution in [2.45, 2.75) is 160 Å². The lowest BCUT2D eigenvalue weighted by Gasteiger charge is -2.72. The lowest BCUT2D eigenvalue weighted by Crippen LogP contribution is -2.80. The Bertz CT molecular complexity index is 2100. The van der Waals surface area contributed by atoms with E-state index in [2.05, 4.69) is 92.4 Å². The van der Waals surface area contributed by atoms with Crippen LogP contribution in [0.2, 0.25) is 0 Å². The number of aliphatic hydroxyl groups is 3. The summed E-state index contributed by atoms with van der Waals surface area (Å²) < 4.78 is 12.6. The van der Waals surface area contributed by atoms with E-state index in [9.17, 15) is 20.1 Å². The van der Waals surface area contributed by atoms with Gasteiger partial charge in [0, 0.05) is 30.8 Å². The predicted octanol–water partition coefficient (Wildman–Crippen LogP) is 9.90. The number of rotatable bonds is 12. The van der Waals surface area contributed by atoms with Crippen molar-refractivity contribution in [3.8, 4) is 11.8 Å². The van der Waals surface area contributed by atoms with Gasteiger partial charge in [0.15, 0.2) is 0 Å². The summed E-state index contributed by atoms with van der Waals surface area (Å²) in [4.78, 5) is 28.1. The van der Waals surface area contributed by atoms with Gasteiger partial charge in [-0.2, -0.15) is 0 Å². The summed E-state index contributed by atoms with van der Waals surface area (Å²) in [7, 11) is 0. The zero-order valence-corrected chi connectivity index (χ0v) is 38.1. The first-order chi connectivity index (χ1) is 30.3. The molecule has 1 spiro atoms. The second-order valence-electron chi connectivity index (χ2n) is 22.0. The summed E-state index contributed by atoms with van der Waals surface area (Å²) in [6.45, 7) is 6.81. The van der Waals surface area contributed by atoms with E-state index in [4.69, 9.17) is 9.47 Å². The minimum Gasteiger partial charge on any atom is -0.462 e. The average molecular weight is 857 g/mol. The highest BCUT2D eigenvalue weighted by molar-refractivity contribution is 5.85. The van der Waals surface area contributed by atoms with E-state index in [0.29, 0.717) is 44.4 Å². The molecule has 7 nitrogen and oxygen atoms in total. The molecule has 338 valence electrons. The topological polar surface area (TPSA) is 113 Å². The molecule has 0 radical (unpaired) electrons. The van der Waals surface area contributed by atoms with Crippen LogP contribution in [0.3, 0.4) is 0 Å². The van der Waals surface area contributed by atoms with E-state index in [1.807, 2.05) is 13.0 Å². The van der Waals surface area contributed by atoms with Gasteiger partial charge in [-0.1, -0.05) is 112 Å². The van der Waals surface area contributed by atoms with Crippen LogP contribution >= 0.6 is 0 Å². The highest BCUT2D eigenvalue weighted by Gasteiger charge is 2.78. The molecule has 4 fully saturated rings. The monoisotopic (exact) mass is 857 g/mol. The van der Waals surface area contributed by atoms with Crippen molar-refractivity contribution in [2.75, 3.05) is 6.61 Å². The average Bonchev–Trinajstić information content (AvgIpc) is 3.98. The molecule has 0 saturated heterocycles. The Balaban J connectivity index is 1.21. The first-order valence-corrected chi connectivity index (χ1v) is 24.7. The minimum absolute atomic E-state index is 0.133. The Morgan fingerprint density at radius 2 is 1.60 bits per heavy atom. The summed E-state index contributed by atoms with van der Waals surface area (Å²) >= 11 is 0. The molecule has 7 aliphatic rings. The van der Waals surface area contributed by atoms with E-state index in [1.165, 1.54) is 17.2 Å². The van der Waals surface area contributed by atoms with E-state index < -0.39 is 57.4 Å². The fourth-order valence-corrected chi connectivity index (χ4v) is 15.2. The van der Waals surface area contributed by atoms with Crippen molar-refractivity contribution in [3.63, 3.8) is 0 Å². The molecule has 0 aromatic heterocycles. The van der Waals surface area contributed by atoms with E-state index in [-0.39, 0.29) is 42.7 Å². The molecule has 3 aliphatic heterocycles. The highest BCUT2D eigenvalue weighted by Crippen LogP contribution is 2.72. The van der Waals surface area contributed by atoms with Crippen molar-refractivity contribution in [1.29, 1.82) is 0 Å². The third kappa shape index (κ3) is 7.76. The van der Waals surface area contributed by atoms with Gasteiger partial charge in [0.1, 0.15) is 12.7 Å².